The minimum atomic E-state index is 0.191. The Morgan fingerprint density at radius 2 is 2.31 bits per heavy atom. The molecule has 13 heavy (non-hydrogen) atoms. The van der Waals surface area contributed by atoms with E-state index >= 15 is 0 Å². The highest BCUT2D eigenvalue weighted by atomic mass is 32.1. The number of hydrogen-bond donors (Lipinski definition) is 1. The number of nitrogens with zero attached hydrogens (tertiary/aromatic N) is 2. The maximum absolute atomic E-state index is 5.60. The van der Waals surface area contributed by atoms with Crippen LogP contribution < -0.4 is 10.9 Å². The van der Waals surface area contributed by atoms with Gasteiger partial charge in [-0.05, 0) is 30.8 Å². The molecule has 0 aromatic carbocycles. The van der Waals surface area contributed by atoms with Gasteiger partial charge < -0.3 is 4.74 Å². The van der Waals surface area contributed by atoms with Crippen molar-refractivity contribution in [3.8, 4) is 0 Å². The number of hydrogen-bond acceptors (Lipinski definition) is 4. The number of aryl methyl sites for hydroxylation is 1. The zero-order valence-corrected chi connectivity index (χ0v) is 8.34. The smallest absolute Gasteiger partial charge is 0.279 e. The third-order valence-corrected chi connectivity index (χ3v) is 1.88. The maximum atomic E-state index is 5.60. The second-order valence-corrected chi connectivity index (χ2v) is 2.88. The number of rotatable bonds is 1. The summed E-state index contributed by atoms with van der Waals surface area (Å²) in [5.41, 5.74) is 1.07. The molecule has 0 aliphatic carbocycles. The van der Waals surface area contributed by atoms with Crippen LogP contribution >= 0.6 is 12.2 Å². The topological polar surface area (TPSA) is 51.4 Å². The second-order valence-electron chi connectivity index (χ2n) is 2.53. The molecule has 1 aromatic rings. The number of nitrogens with two attached hydrogens (primary N) is 1. The summed E-state index contributed by atoms with van der Waals surface area (Å²) in [5, 5.41) is 1.41. The molecule has 1 aromatic heterocycles. The normalized spacial score (nSPS) is 9.46. The molecule has 0 saturated heterocycles. The Hall–Kier alpha value is -1.20. The van der Waals surface area contributed by atoms with Gasteiger partial charge in [-0.15, -0.1) is 0 Å². The first-order chi connectivity index (χ1) is 6.15. The van der Waals surface area contributed by atoms with Gasteiger partial charge in [0.15, 0.2) is 5.82 Å². The van der Waals surface area contributed by atoms with Crippen molar-refractivity contribution in [3.05, 3.63) is 23.9 Å². The second kappa shape index (κ2) is 4.15. The average molecular weight is 197 g/mol. The van der Waals surface area contributed by atoms with E-state index in [9.17, 15) is 0 Å². The number of pyridine rings is 1. The molecular weight excluding hydrogens is 186 g/mol. The van der Waals surface area contributed by atoms with Gasteiger partial charge in [-0.3, -0.25) is 0 Å². The molecule has 0 amide bonds. The summed E-state index contributed by atoms with van der Waals surface area (Å²) in [7, 11) is 1.47. The van der Waals surface area contributed by atoms with Crippen molar-refractivity contribution < 1.29 is 4.74 Å². The molecule has 1 rings (SSSR count). The number of hydrazine groups is 1. The van der Waals surface area contributed by atoms with Crippen molar-refractivity contribution in [1.29, 1.82) is 0 Å². The van der Waals surface area contributed by atoms with Crippen LogP contribution in [0.25, 0.3) is 0 Å². The Balaban J connectivity index is 2.83. The van der Waals surface area contributed by atoms with E-state index in [2.05, 4.69) is 4.98 Å². The van der Waals surface area contributed by atoms with Crippen LogP contribution in [0.5, 0.6) is 0 Å². The number of ether oxygens (including phenoxy) is 1. The Bertz CT molecular complexity index is 299. The van der Waals surface area contributed by atoms with Crippen LogP contribution in [0.3, 0.4) is 0 Å². The molecule has 1 heterocycles. The molecular formula is C8H11N3OS. The predicted octanol–water partition coefficient (Wildman–Crippen LogP) is 1.00. The van der Waals surface area contributed by atoms with Crippen LogP contribution in [0.1, 0.15) is 5.56 Å². The molecule has 0 unspecified atom stereocenters. The molecule has 0 aliphatic heterocycles. The van der Waals surface area contributed by atoms with E-state index in [4.69, 9.17) is 22.8 Å². The van der Waals surface area contributed by atoms with Crippen LogP contribution in [0.2, 0.25) is 0 Å². The highest BCUT2D eigenvalue weighted by molar-refractivity contribution is 7.80. The lowest BCUT2D eigenvalue weighted by Gasteiger charge is -2.16. The van der Waals surface area contributed by atoms with Gasteiger partial charge in [-0.25, -0.2) is 15.8 Å². The standard InChI is InChI=1S/C8H11N3OS/c1-6-3-4-7(10-5-6)11(9)8(13)12-2/h3-5H,9H2,1-2H3. The van der Waals surface area contributed by atoms with Crippen LogP contribution in [-0.4, -0.2) is 17.3 Å². The quantitative estimate of drug-likeness (QED) is 0.413. The fraction of sp³-hybridized carbons (Fsp3) is 0.250. The van der Waals surface area contributed by atoms with Gasteiger partial charge in [-0.1, -0.05) is 6.07 Å². The van der Waals surface area contributed by atoms with Crippen molar-refractivity contribution in [2.75, 3.05) is 12.1 Å². The third kappa shape index (κ3) is 2.37. The highest BCUT2D eigenvalue weighted by Crippen LogP contribution is 2.07. The first-order valence-electron chi connectivity index (χ1n) is 3.70. The molecule has 0 fully saturated rings. The van der Waals surface area contributed by atoms with Gasteiger partial charge >= 0.3 is 0 Å². The Morgan fingerprint density at radius 3 is 2.77 bits per heavy atom. The van der Waals surface area contributed by atoms with Gasteiger partial charge in [0.2, 0.25) is 0 Å². The van der Waals surface area contributed by atoms with E-state index in [0.717, 1.165) is 5.56 Å². The van der Waals surface area contributed by atoms with Crippen molar-refractivity contribution in [3.63, 3.8) is 0 Å². The summed E-state index contributed by atoms with van der Waals surface area (Å²) in [4.78, 5) is 4.08. The molecule has 5 heteroatoms. The van der Waals surface area contributed by atoms with E-state index < -0.39 is 0 Å². The molecule has 0 saturated carbocycles. The summed E-state index contributed by atoms with van der Waals surface area (Å²) in [6.07, 6.45) is 1.72. The summed E-state index contributed by atoms with van der Waals surface area (Å²) >= 11 is 4.83. The lowest BCUT2D eigenvalue weighted by Crippen LogP contribution is -2.37. The van der Waals surface area contributed by atoms with Crippen molar-refractivity contribution >= 4 is 23.2 Å². The molecule has 2 N–H and O–H groups in total. The molecule has 0 aliphatic rings. The van der Waals surface area contributed by atoms with Crippen LogP contribution in [0.15, 0.2) is 18.3 Å². The van der Waals surface area contributed by atoms with Gasteiger partial charge in [0, 0.05) is 6.20 Å². The molecule has 4 nitrogen and oxygen atoms in total. The van der Waals surface area contributed by atoms with Crippen molar-refractivity contribution in [2.24, 2.45) is 5.84 Å². The van der Waals surface area contributed by atoms with Crippen LogP contribution in [0, 0.1) is 6.92 Å². The fourth-order valence-corrected chi connectivity index (χ4v) is 0.888. The minimum Gasteiger partial charge on any atom is -0.473 e. The lowest BCUT2D eigenvalue weighted by molar-refractivity contribution is 0.403. The lowest BCUT2D eigenvalue weighted by atomic mass is 10.3. The third-order valence-electron chi connectivity index (χ3n) is 1.51. The molecule has 70 valence electrons. The van der Waals surface area contributed by atoms with Crippen molar-refractivity contribution in [2.45, 2.75) is 6.92 Å². The highest BCUT2D eigenvalue weighted by Gasteiger charge is 2.07. The summed E-state index contributed by atoms with van der Waals surface area (Å²) in [6, 6.07) is 3.68. The van der Waals surface area contributed by atoms with Gasteiger partial charge in [0.05, 0.1) is 7.11 Å². The Kier molecular flexibility index (Phi) is 3.16. The van der Waals surface area contributed by atoms with E-state index in [0.29, 0.717) is 5.82 Å². The van der Waals surface area contributed by atoms with E-state index in [1.165, 1.54) is 12.1 Å². The van der Waals surface area contributed by atoms with Crippen LogP contribution in [-0.2, 0) is 4.74 Å². The summed E-state index contributed by atoms with van der Waals surface area (Å²) in [5.74, 6) is 6.17. The average Bonchev–Trinajstić information content (AvgIpc) is 2.17. The molecule has 0 bridgehead atoms. The van der Waals surface area contributed by atoms with E-state index in [1.807, 2.05) is 13.0 Å². The first-order valence-corrected chi connectivity index (χ1v) is 4.11. The number of aromatic nitrogens is 1. The van der Waals surface area contributed by atoms with E-state index in [-0.39, 0.29) is 5.17 Å². The summed E-state index contributed by atoms with van der Waals surface area (Å²) in [6.45, 7) is 1.95. The monoisotopic (exact) mass is 197 g/mol. The SMILES string of the molecule is COC(=S)N(N)c1ccc(C)cn1. The number of anilines is 1. The Labute approximate surface area is 82.3 Å². The van der Waals surface area contributed by atoms with Gasteiger partial charge in [0.25, 0.3) is 5.17 Å². The zero-order valence-electron chi connectivity index (χ0n) is 7.52. The predicted molar refractivity (Wildman–Crippen MR) is 55.2 cm³/mol. The molecule has 0 radical (unpaired) electrons. The molecule has 0 spiro atoms. The number of thiocarbonyl (C=S) groups is 1. The summed E-state index contributed by atoms with van der Waals surface area (Å²) < 4.78 is 4.79. The van der Waals surface area contributed by atoms with Crippen molar-refractivity contribution in [1.82, 2.24) is 4.98 Å². The fourth-order valence-electron chi connectivity index (χ4n) is 0.794. The largest absolute Gasteiger partial charge is 0.473 e. The molecule has 0 atom stereocenters. The first kappa shape index (κ1) is 9.88. The van der Waals surface area contributed by atoms with Gasteiger partial charge in [0.1, 0.15) is 0 Å². The van der Waals surface area contributed by atoms with E-state index in [1.54, 1.807) is 12.3 Å². The minimum absolute atomic E-state index is 0.191. The van der Waals surface area contributed by atoms with Crippen LogP contribution in [0.4, 0.5) is 5.82 Å². The zero-order chi connectivity index (χ0) is 9.84. The number of methoxy groups -OCH3 is 1. The van der Waals surface area contributed by atoms with Gasteiger partial charge in [-0.2, -0.15) is 0 Å². The maximum Gasteiger partial charge on any atom is 0.279 e. The Morgan fingerprint density at radius 1 is 1.62 bits per heavy atom.